The number of benzene rings is 2. The van der Waals surface area contributed by atoms with Crippen molar-refractivity contribution in [2.24, 2.45) is 11.1 Å². The van der Waals surface area contributed by atoms with Gasteiger partial charge in [0.15, 0.2) is 0 Å². The van der Waals surface area contributed by atoms with Crippen molar-refractivity contribution in [1.82, 2.24) is 0 Å². The van der Waals surface area contributed by atoms with Crippen LogP contribution in [0.2, 0.25) is 0 Å². The Balaban J connectivity index is 2.38. The average Bonchev–Trinajstić information content (AvgIpc) is 2.34. The first-order chi connectivity index (χ1) is 8.87. The largest absolute Gasteiger partial charge is 0.493 e. The Kier molecular flexibility index (Phi) is 3.47. The molecule has 0 radical (unpaired) electrons. The van der Waals surface area contributed by atoms with Crippen LogP contribution in [0.5, 0.6) is 5.75 Å². The number of nitrogens with one attached hydrogen (secondary N) is 1. The summed E-state index contributed by atoms with van der Waals surface area (Å²) in [6.07, 6.45) is 0. The third kappa shape index (κ3) is 3.25. The van der Waals surface area contributed by atoms with E-state index in [1.807, 2.05) is 36.4 Å². The Labute approximate surface area is 113 Å². The van der Waals surface area contributed by atoms with Crippen molar-refractivity contribution in [2.45, 2.75) is 20.8 Å². The van der Waals surface area contributed by atoms with Crippen LogP contribution >= 0.6 is 0 Å². The molecule has 2 aromatic carbocycles. The van der Waals surface area contributed by atoms with Gasteiger partial charge in [0.25, 0.3) is 0 Å². The molecule has 0 aliphatic heterocycles. The maximum absolute atomic E-state index is 7.63. The summed E-state index contributed by atoms with van der Waals surface area (Å²) in [5.74, 6) is 0.898. The van der Waals surface area contributed by atoms with E-state index in [0.29, 0.717) is 6.61 Å². The number of hydrogen-bond donors (Lipinski definition) is 2. The van der Waals surface area contributed by atoms with E-state index in [1.165, 1.54) is 0 Å². The molecule has 0 aromatic heterocycles. The average molecular weight is 256 g/mol. The first kappa shape index (κ1) is 13.4. The molecule has 0 bridgehead atoms. The number of hydrogen-bond acceptors (Lipinski definition) is 2. The Morgan fingerprint density at radius 1 is 1.21 bits per heavy atom. The van der Waals surface area contributed by atoms with Gasteiger partial charge in [0.05, 0.1) is 6.61 Å². The van der Waals surface area contributed by atoms with Gasteiger partial charge in [0, 0.05) is 5.56 Å². The summed E-state index contributed by atoms with van der Waals surface area (Å²) in [5, 5.41) is 9.65. The normalized spacial score (nSPS) is 11.5. The van der Waals surface area contributed by atoms with Gasteiger partial charge in [-0.1, -0.05) is 45.0 Å². The minimum atomic E-state index is 0.0820. The highest BCUT2D eigenvalue weighted by Gasteiger charge is 2.11. The molecule has 0 aliphatic carbocycles. The molecule has 0 saturated carbocycles. The Morgan fingerprint density at radius 2 is 1.95 bits per heavy atom. The fraction of sp³-hybridized carbons (Fsp3) is 0.312. The zero-order chi connectivity index (χ0) is 14.0. The number of nitrogen functional groups attached to an aromatic ring is 1. The van der Waals surface area contributed by atoms with Gasteiger partial charge in [-0.15, -0.1) is 0 Å². The molecular weight excluding hydrogens is 236 g/mol. The second-order valence-electron chi connectivity index (χ2n) is 5.95. The Bertz CT molecular complexity index is 612. The summed E-state index contributed by atoms with van der Waals surface area (Å²) < 4.78 is 5.80. The quantitative estimate of drug-likeness (QED) is 0.651. The first-order valence-corrected chi connectivity index (χ1v) is 6.37. The van der Waals surface area contributed by atoms with Crippen molar-refractivity contribution < 1.29 is 4.74 Å². The topological polar surface area (TPSA) is 59.1 Å². The van der Waals surface area contributed by atoms with Gasteiger partial charge in [-0.25, -0.2) is 0 Å². The molecule has 0 heterocycles. The van der Waals surface area contributed by atoms with Gasteiger partial charge in [-0.3, -0.25) is 5.41 Å². The summed E-state index contributed by atoms with van der Waals surface area (Å²) in [7, 11) is 0. The molecule has 0 fully saturated rings. The molecule has 3 nitrogen and oxygen atoms in total. The molecule has 0 amide bonds. The molecule has 0 unspecified atom stereocenters. The molecule has 3 N–H and O–H groups in total. The lowest BCUT2D eigenvalue weighted by Crippen LogP contribution is -2.17. The van der Waals surface area contributed by atoms with Crippen molar-refractivity contribution in [3.05, 3.63) is 42.0 Å². The van der Waals surface area contributed by atoms with Crippen molar-refractivity contribution >= 4 is 16.6 Å². The van der Waals surface area contributed by atoms with E-state index in [0.717, 1.165) is 22.1 Å². The Morgan fingerprint density at radius 3 is 2.58 bits per heavy atom. The molecular formula is C16H20N2O. The van der Waals surface area contributed by atoms with E-state index < -0.39 is 0 Å². The molecule has 2 rings (SSSR count). The number of rotatable bonds is 3. The van der Waals surface area contributed by atoms with Crippen LogP contribution in [0.3, 0.4) is 0 Å². The zero-order valence-corrected chi connectivity index (χ0v) is 11.7. The van der Waals surface area contributed by atoms with Crippen LogP contribution in [0.4, 0.5) is 0 Å². The lowest BCUT2D eigenvalue weighted by molar-refractivity contribution is 0.198. The van der Waals surface area contributed by atoms with E-state index in [9.17, 15) is 0 Å². The predicted octanol–water partition coefficient (Wildman–Crippen LogP) is 3.55. The number of amidine groups is 1. The van der Waals surface area contributed by atoms with Crippen LogP contribution in [0.15, 0.2) is 36.4 Å². The standard InChI is InChI=1S/C16H20N2O/c1-16(2,3)10-19-12-8-7-11-5-4-6-13(15(17)18)14(11)9-12/h4-9H,10H2,1-3H3,(H3,17,18). The van der Waals surface area contributed by atoms with Gasteiger partial charge >= 0.3 is 0 Å². The SMILES string of the molecule is CC(C)(C)COc1ccc2cccc(C(=N)N)c2c1. The van der Waals surface area contributed by atoms with E-state index in [4.69, 9.17) is 15.9 Å². The number of fused-ring (bicyclic) bond motifs is 1. The summed E-state index contributed by atoms with van der Waals surface area (Å²) in [5.41, 5.74) is 6.48. The van der Waals surface area contributed by atoms with E-state index in [1.54, 1.807) is 0 Å². The molecule has 3 heteroatoms. The zero-order valence-electron chi connectivity index (χ0n) is 11.7. The van der Waals surface area contributed by atoms with Crippen molar-refractivity contribution in [3.63, 3.8) is 0 Å². The highest BCUT2D eigenvalue weighted by atomic mass is 16.5. The first-order valence-electron chi connectivity index (χ1n) is 6.37. The monoisotopic (exact) mass is 256 g/mol. The van der Waals surface area contributed by atoms with Crippen molar-refractivity contribution in [1.29, 1.82) is 5.41 Å². The maximum Gasteiger partial charge on any atom is 0.123 e. The minimum Gasteiger partial charge on any atom is -0.493 e. The summed E-state index contributed by atoms with van der Waals surface area (Å²) in [6.45, 7) is 7.06. The van der Waals surface area contributed by atoms with Crippen LogP contribution in [0, 0.1) is 10.8 Å². The highest BCUT2D eigenvalue weighted by molar-refractivity contribution is 6.07. The molecule has 2 aromatic rings. The van der Waals surface area contributed by atoms with Crippen LogP contribution in [-0.4, -0.2) is 12.4 Å². The van der Waals surface area contributed by atoms with E-state index >= 15 is 0 Å². The van der Waals surface area contributed by atoms with Crippen LogP contribution in [0.1, 0.15) is 26.3 Å². The molecule has 0 saturated heterocycles. The van der Waals surface area contributed by atoms with Gasteiger partial charge in [-0.2, -0.15) is 0 Å². The molecule has 100 valence electrons. The van der Waals surface area contributed by atoms with E-state index in [-0.39, 0.29) is 11.3 Å². The molecule has 0 aliphatic rings. The molecule has 0 spiro atoms. The van der Waals surface area contributed by atoms with Gasteiger partial charge in [-0.05, 0) is 28.3 Å². The Hall–Kier alpha value is -2.03. The second-order valence-corrected chi connectivity index (χ2v) is 5.95. The molecule has 0 atom stereocenters. The fourth-order valence-electron chi connectivity index (χ4n) is 1.88. The van der Waals surface area contributed by atoms with Crippen molar-refractivity contribution in [2.75, 3.05) is 6.61 Å². The highest BCUT2D eigenvalue weighted by Crippen LogP contribution is 2.25. The second kappa shape index (κ2) is 4.92. The summed E-state index contributed by atoms with van der Waals surface area (Å²) >= 11 is 0. The van der Waals surface area contributed by atoms with Crippen molar-refractivity contribution in [3.8, 4) is 5.75 Å². The van der Waals surface area contributed by atoms with Crippen LogP contribution < -0.4 is 10.5 Å². The van der Waals surface area contributed by atoms with Gasteiger partial charge in [0.1, 0.15) is 11.6 Å². The lowest BCUT2D eigenvalue weighted by Gasteiger charge is -2.19. The van der Waals surface area contributed by atoms with Gasteiger partial charge in [0.2, 0.25) is 0 Å². The number of nitrogens with two attached hydrogens (primary N) is 1. The van der Waals surface area contributed by atoms with Gasteiger partial charge < -0.3 is 10.5 Å². The van der Waals surface area contributed by atoms with Crippen LogP contribution in [-0.2, 0) is 0 Å². The summed E-state index contributed by atoms with van der Waals surface area (Å²) in [4.78, 5) is 0. The van der Waals surface area contributed by atoms with Crippen LogP contribution in [0.25, 0.3) is 10.8 Å². The molecule has 19 heavy (non-hydrogen) atoms. The lowest BCUT2D eigenvalue weighted by atomic mass is 9.98. The minimum absolute atomic E-state index is 0.0820. The predicted molar refractivity (Wildman–Crippen MR) is 79.9 cm³/mol. The third-order valence-corrected chi connectivity index (χ3v) is 2.82. The number of ether oxygens (including phenoxy) is 1. The van der Waals surface area contributed by atoms with E-state index in [2.05, 4.69) is 20.8 Å². The summed E-state index contributed by atoms with van der Waals surface area (Å²) in [6, 6.07) is 11.7. The smallest absolute Gasteiger partial charge is 0.123 e. The third-order valence-electron chi connectivity index (χ3n) is 2.82. The maximum atomic E-state index is 7.63. The fourth-order valence-corrected chi connectivity index (χ4v) is 1.88.